The molecule has 2 aromatic rings. The quantitative estimate of drug-likeness (QED) is 0.909. The second-order valence-electron chi connectivity index (χ2n) is 4.22. The third-order valence-electron chi connectivity index (χ3n) is 2.87. The Labute approximate surface area is 111 Å². The number of oxazole rings is 1. The fourth-order valence-corrected chi connectivity index (χ4v) is 2.40. The van der Waals surface area contributed by atoms with Crippen LogP contribution in [0.4, 0.5) is 0 Å². The summed E-state index contributed by atoms with van der Waals surface area (Å²) in [5.41, 5.74) is 1.87. The fraction of sp³-hybridized carbons (Fsp3) is 0.357. The molecule has 1 aromatic carbocycles. The highest BCUT2D eigenvalue weighted by atomic mass is 32.2. The highest BCUT2D eigenvalue weighted by molar-refractivity contribution is 7.99. The number of aromatic nitrogens is 1. The number of aliphatic hydroxyl groups excluding tert-OH is 1. The van der Waals surface area contributed by atoms with Gasteiger partial charge in [-0.15, -0.1) is 0 Å². The van der Waals surface area contributed by atoms with Gasteiger partial charge >= 0.3 is 0 Å². The minimum Gasteiger partial charge on any atom is -0.436 e. The summed E-state index contributed by atoms with van der Waals surface area (Å²) < 4.78 is 5.52. The van der Waals surface area contributed by atoms with Crippen LogP contribution >= 0.6 is 11.8 Å². The van der Waals surface area contributed by atoms with Gasteiger partial charge in [-0.05, 0) is 49.7 Å². The van der Waals surface area contributed by atoms with Gasteiger partial charge in [0.25, 0.3) is 5.22 Å². The second kappa shape index (κ2) is 5.59. The van der Waals surface area contributed by atoms with E-state index >= 15 is 0 Å². The van der Waals surface area contributed by atoms with E-state index in [0.717, 1.165) is 28.3 Å². The standard InChI is InChI=1S/C14H17NO2S/c1-4-13(16)11-5-7-12(8-6-11)18-14-15-9(2)10(3)17-14/h5-8,13,16H,4H2,1-3H3/t13-/m1/s1. The zero-order valence-electron chi connectivity index (χ0n) is 10.8. The van der Waals surface area contributed by atoms with E-state index in [1.165, 1.54) is 11.8 Å². The van der Waals surface area contributed by atoms with E-state index in [0.29, 0.717) is 5.22 Å². The Bertz CT molecular complexity index is 500. The number of aryl methyl sites for hydroxylation is 2. The molecule has 0 aliphatic heterocycles. The summed E-state index contributed by atoms with van der Waals surface area (Å²) in [6.07, 6.45) is 0.347. The van der Waals surface area contributed by atoms with Crippen LogP contribution in [0.1, 0.15) is 36.5 Å². The van der Waals surface area contributed by atoms with Crippen LogP contribution in [0, 0.1) is 13.8 Å². The molecule has 4 heteroatoms. The third-order valence-corrected chi connectivity index (χ3v) is 3.72. The van der Waals surface area contributed by atoms with Crippen LogP contribution in [0.15, 0.2) is 38.8 Å². The van der Waals surface area contributed by atoms with Gasteiger partial charge in [0, 0.05) is 4.90 Å². The van der Waals surface area contributed by atoms with Crippen LogP contribution in [0.5, 0.6) is 0 Å². The molecule has 0 unspecified atom stereocenters. The Morgan fingerprint density at radius 2 is 1.94 bits per heavy atom. The van der Waals surface area contributed by atoms with E-state index in [-0.39, 0.29) is 6.10 Å². The van der Waals surface area contributed by atoms with Crippen molar-refractivity contribution in [3.8, 4) is 0 Å². The highest BCUT2D eigenvalue weighted by Gasteiger charge is 2.08. The average Bonchev–Trinajstić information content (AvgIpc) is 2.68. The molecule has 18 heavy (non-hydrogen) atoms. The lowest BCUT2D eigenvalue weighted by atomic mass is 10.1. The maximum absolute atomic E-state index is 9.71. The lowest BCUT2D eigenvalue weighted by Gasteiger charge is -2.07. The van der Waals surface area contributed by atoms with Gasteiger partial charge in [0.2, 0.25) is 0 Å². The molecule has 0 saturated carbocycles. The van der Waals surface area contributed by atoms with E-state index in [1.807, 2.05) is 45.0 Å². The van der Waals surface area contributed by atoms with Crippen molar-refractivity contribution in [2.75, 3.05) is 0 Å². The molecule has 1 heterocycles. The van der Waals surface area contributed by atoms with Crippen molar-refractivity contribution in [3.05, 3.63) is 41.3 Å². The van der Waals surface area contributed by atoms with E-state index in [2.05, 4.69) is 4.98 Å². The molecule has 0 spiro atoms. The average molecular weight is 263 g/mol. The predicted octanol–water partition coefficient (Wildman–Crippen LogP) is 3.89. The summed E-state index contributed by atoms with van der Waals surface area (Å²) in [7, 11) is 0. The Balaban J connectivity index is 2.10. The summed E-state index contributed by atoms with van der Waals surface area (Å²) in [5, 5.41) is 10.4. The van der Waals surface area contributed by atoms with Gasteiger partial charge in [-0.1, -0.05) is 19.1 Å². The van der Waals surface area contributed by atoms with E-state index in [4.69, 9.17) is 4.42 Å². The molecular weight excluding hydrogens is 246 g/mol. The molecule has 1 aromatic heterocycles. The summed E-state index contributed by atoms with van der Waals surface area (Å²) in [5.74, 6) is 0.857. The minimum absolute atomic E-state index is 0.379. The molecule has 0 fully saturated rings. The van der Waals surface area contributed by atoms with Gasteiger partial charge < -0.3 is 9.52 Å². The Morgan fingerprint density at radius 3 is 2.44 bits per heavy atom. The zero-order chi connectivity index (χ0) is 13.1. The molecule has 0 saturated heterocycles. The first-order chi connectivity index (χ1) is 8.60. The van der Waals surface area contributed by atoms with E-state index < -0.39 is 0 Å². The molecular formula is C14H17NO2S. The molecule has 0 aliphatic carbocycles. The number of aliphatic hydroxyl groups is 1. The molecule has 0 bridgehead atoms. The van der Waals surface area contributed by atoms with Crippen LogP contribution in [0.25, 0.3) is 0 Å². The second-order valence-corrected chi connectivity index (χ2v) is 5.24. The first kappa shape index (κ1) is 13.2. The van der Waals surface area contributed by atoms with Crippen molar-refractivity contribution in [2.24, 2.45) is 0 Å². The SMILES string of the molecule is CC[C@@H](O)c1ccc(Sc2nc(C)c(C)o2)cc1. The number of rotatable bonds is 4. The van der Waals surface area contributed by atoms with E-state index in [1.54, 1.807) is 0 Å². The number of hydrogen-bond donors (Lipinski definition) is 1. The lowest BCUT2D eigenvalue weighted by molar-refractivity contribution is 0.173. The predicted molar refractivity (Wildman–Crippen MR) is 71.8 cm³/mol. The maximum atomic E-state index is 9.71. The van der Waals surface area contributed by atoms with Crippen LogP contribution in [-0.2, 0) is 0 Å². The molecule has 0 aliphatic rings. The highest BCUT2D eigenvalue weighted by Crippen LogP contribution is 2.29. The van der Waals surface area contributed by atoms with Gasteiger partial charge in [0.15, 0.2) is 0 Å². The first-order valence-corrected chi connectivity index (χ1v) is 6.81. The molecule has 1 atom stereocenters. The number of benzene rings is 1. The molecule has 0 radical (unpaired) electrons. The summed E-state index contributed by atoms with van der Waals surface area (Å²) in [6, 6.07) is 7.85. The van der Waals surface area contributed by atoms with Crippen LogP contribution in [0.2, 0.25) is 0 Å². The first-order valence-electron chi connectivity index (χ1n) is 6.00. The third kappa shape index (κ3) is 2.94. The van der Waals surface area contributed by atoms with Gasteiger partial charge in [-0.2, -0.15) is 0 Å². The normalized spacial score (nSPS) is 12.7. The van der Waals surface area contributed by atoms with Gasteiger partial charge in [0.1, 0.15) is 5.76 Å². The Morgan fingerprint density at radius 1 is 1.28 bits per heavy atom. The molecule has 3 nitrogen and oxygen atoms in total. The summed E-state index contributed by atoms with van der Waals surface area (Å²) in [6.45, 7) is 5.81. The fourth-order valence-electron chi connectivity index (χ4n) is 1.58. The van der Waals surface area contributed by atoms with Gasteiger partial charge in [-0.25, -0.2) is 4.98 Å². The monoisotopic (exact) mass is 263 g/mol. The smallest absolute Gasteiger partial charge is 0.260 e. The van der Waals surface area contributed by atoms with Crippen LogP contribution < -0.4 is 0 Å². The molecule has 1 N–H and O–H groups in total. The van der Waals surface area contributed by atoms with Crippen molar-refractivity contribution in [3.63, 3.8) is 0 Å². The Hall–Kier alpha value is -1.26. The van der Waals surface area contributed by atoms with Crippen LogP contribution in [0.3, 0.4) is 0 Å². The van der Waals surface area contributed by atoms with Crippen molar-refractivity contribution < 1.29 is 9.52 Å². The zero-order valence-corrected chi connectivity index (χ0v) is 11.6. The summed E-state index contributed by atoms with van der Waals surface area (Å²) >= 11 is 1.49. The van der Waals surface area contributed by atoms with Crippen molar-refractivity contribution >= 4 is 11.8 Å². The van der Waals surface area contributed by atoms with Crippen LogP contribution in [-0.4, -0.2) is 10.1 Å². The van der Waals surface area contributed by atoms with Crippen molar-refractivity contribution in [2.45, 2.75) is 43.4 Å². The topological polar surface area (TPSA) is 46.3 Å². The molecule has 2 rings (SSSR count). The van der Waals surface area contributed by atoms with Crippen molar-refractivity contribution in [1.29, 1.82) is 0 Å². The van der Waals surface area contributed by atoms with Gasteiger partial charge in [-0.3, -0.25) is 0 Å². The molecule has 0 amide bonds. The molecule has 96 valence electrons. The van der Waals surface area contributed by atoms with E-state index in [9.17, 15) is 5.11 Å². The minimum atomic E-state index is -0.379. The maximum Gasteiger partial charge on any atom is 0.260 e. The van der Waals surface area contributed by atoms with Gasteiger partial charge in [0.05, 0.1) is 11.8 Å². The largest absolute Gasteiger partial charge is 0.436 e. The Kier molecular flexibility index (Phi) is 4.09. The number of nitrogens with zero attached hydrogens (tertiary/aromatic N) is 1. The number of hydrogen-bond acceptors (Lipinski definition) is 4. The summed E-state index contributed by atoms with van der Waals surface area (Å²) in [4.78, 5) is 5.38. The lowest BCUT2D eigenvalue weighted by Crippen LogP contribution is -1.93. The van der Waals surface area contributed by atoms with Crippen molar-refractivity contribution in [1.82, 2.24) is 4.98 Å².